The van der Waals surface area contributed by atoms with E-state index < -0.39 is 16.1 Å². The average molecular weight is 455 g/mol. The first-order valence-electron chi connectivity index (χ1n) is 10.1. The second-order valence-electron chi connectivity index (χ2n) is 7.10. The van der Waals surface area contributed by atoms with Crippen LogP contribution in [0.15, 0.2) is 77.7 Å². The molecule has 0 spiro atoms. The quantitative estimate of drug-likeness (QED) is 0.493. The number of methoxy groups -OCH3 is 1. The number of carbonyl (C=O) groups excluding carboxylic acids is 1. The van der Waals surface area contributed by atoms with E-state index in [1.807, 2.05) is 32.0 Å². The zero-order chi connectivity index (χ0) is 23.1. The molecule has 168 valence electrons. The predicted octanol–water partition coefficient (Wildman–Crippen LogP) is 4.60. The molecule has 0 aliphatic carbocycles. The highest BCUT2D eigenvalue weighted by Gasteiger charge is 2.21. The van der Waals surface area contributed by atoms with Gasteiger partial charge in [-0.3, -0.25) is 9.52 Å². The number of hydrogen-bond acceptors (Lipinski definition) is 5. The molecule has 0 aliphatic rings. The van der Waals surface area contributed by atoms with E-state index in [0.717, 1.165) is 5.56 Å². The predicted molar refractivity (Wildman–Crippen MR) is 125 cm³/mol. The fraction of sp³-hybridized carbons (Fsp3) is 0.208. The molecular formula is C24H26N2O5S. The number of anilines is 2. The molecular weight excluding hydrogens is 428 g/mol. The third-order valence-corrected chi connectivity index (χ3v) is 6.20. The van der Waals surface area contributed by atoms with Gasteiger partial charge in [-0.2, -0.15) is 0 Å². The number of amides is 1. The third kappa shape index (κ3) is 5.59. The Morgan fingerprint density at radius 1 is 0.938 bits per heavy atom. The zero-order valence-corrected chi connectivity index (χ0v) is 19.0. The second-order valence-corrected chi connectivity index (χ2v) is 8.78. The van der Waals surface area contributed by atoms with Gasteiger partial charge in [-0.25, -0.2) is 8.42 Å². The van der Waals surface area contributed by atoms with Gasteiger partial charge < -0.3 is 14.8 Å². The van der Waals surface area contributed by atoms with E-state index in [1.54, 1.807) is 42.5 Å². The van der Waals surface area contributed by atoms with Crippen LogP contribution in [0.4, 0.5) is 11.4 Å². The van der Waals surface area contributed by atoms with Crippen molar-refractivity contribution in [3.63, 3.8) is 0 Å². The van der Waals surface area contributed by atoms with Crippen LogP contribution >= 0.6 is 0 Å². The summed E-state index contributed by atoms with van der Waals surface area (Å²) in [7, 11) is -2.22. The molecule has 7 nitrogen and oxygen atoms in total. The minimum atomic E-state index is -3.75. The Morgan fingerprint density at radius 3 is 2.19 bits per heavy atom. The minimum absolute atomic E-state index is 0.0936. The molecule has 0 unspecified atom stereocenters. The summed E-state index contributed by atoms with van der Waals surface area (Å²) in [5.74, 6) is 0.669. The van der Waals surface area contributed by atoms with E-state index in [0.29, 0.717) is 29.3 Å². The van der Waals surface area contributed by atoms with Crippen molar-refractivity contribution in [1.29, 1.82) is 0 Å². The summed E-state index contributed by atoms with van der Waals surface area (Å²) in [5.41, 5.74) is 1.80. The molecule has 2 N–H and O–H groups in total. The topological polar surface area (TPSA) is 93.7 Å². The van der Waals surface area contributed by atoms with Crippen LogP contribution in [0, 0.1) is 6.92 Å². The lowest BCUT2D eigenvalue weighted by atomic mass is 10.2. The molecule has 0 aromatic heterocycles. The molecule has 8 heteroatoms. The van der Waals surface area contributed by atoms with Gasteiger partial charge in [-0.15, -0.1) is 0 Å². The fourth-order valence-corrected chi connectivity index (χ4v) is 4.15. The molecule has 0 bridgehead atoms. The van der Waals surface area contributed by atoms with Crippen molar-refractivity contribution < 1.29 is 22.7 Å². The summed E-state index contributed by atoms with van der Waals surface area (Å²) in [6.45, 7) is 3.67. The van der Waals surface area contributed by atoms with Crippen LogP contribution in [0.2, 0.25) is 0 Å². The van der Waals surface area contributed by atoms with Gasteiger partial charge >= 0.3 is 0 Å². The van der Waals surface area contributed by atoms with Crippen LogP contribution in [0.1, 0.15) is 18.9 Å². The van der Waals surface area contributed by atoms with Crippen molar-refractivity contribution in [3.8, 4) is 11.5 Å². The number of hydrogen-bond donors (Lipinski definition) is 2. The van der Waals surface area contributed by atoms with Gasteiger partial charge in [0.15, 0.2) is 17.6 Å². The molecule has 0 heterocycles. The van der Waals surface area contributed by atoms with Crippen LogP contribution in [-0.2, 0) is 14.8 Å². The lowest BCUT2D eigenvalue weighted by molar-refractivity contribution is -0.122. The molecule has 0 radical (unpaired) electrons. The monoisotopic (exact) mass is 454 g/mol. The number of carbonyl (C=O) groups is 1. The van der Waals surface area contributed by atoms with E-state index in [1.165, 1.54) is 19.2 Å². The number of aryl methyl sites for hydroxylation is 1. The van der Waals surface area contributed by atoms with Crippen LogP contribution in [0.5, 0.6) is 11.5 Å². The van der Waals surface area contributed by atoms with Crippen LogP contribution in [0.25, 0.3) is 0 Å². The van der Waals surface area contributed by atoms with E-state index in [4.69, 9.17) is 9.47 Å². The van der Waals surface area contributed by atoms with E-state index >= 15 is 0 Å². The van der Waals surface area contributed by atoms with Gasteiger partial charge in [0.1, 0.15) is 0 Å². The number of ether oxygens (including phenoxy) is 2. The summed E-state index contributed by atoms with van der Waals surface area (Å²) < 4.78 is 39.0. The smallest absolute Gasteiger partial charge is 0.265 e. The molecule has 3 aromatic rings. The summed E-state index contributed by atoms with van der Waals surface area (Å²) in [6, 6.07) is 20.2. The SMILES string of the molecule is CC[C@@H](Oc1ccccc1OC)C(=O)Nc1ccc(S(=O)(=O)Nc2ccccc2C)cc1. The lowest BCUT2D eigenvalue weighted by Crippen LogP contribution is -2.32. The second kappa shape index (κ2) is 10.2. The fourth-order valence-electron chi connectivity index (χ4n) is 3.02. The first kappa shape index (κ1) is 23.1. The number of nitrogens with one attached hydrogen (secondary N) is 2. The molecule has 1 amide bonds. The molecule has 3 aromatic carbocycles. The summed E-state index contributed by atoms with van der Waals surface area (Å²) in [6.07, 6.45) is -0.297. The van der Waals surface area contributed by atoms with E-state index in [2.05, 4.69) is 10.0 Å². The van der Waals surface area contributed by atoms with Gasteiger partial charge in [0, 0.05) is 5.69 Å². The number of rotatable bonds is 9. The van der Waals surface area contributed by atoms with E-state index in [9.17, 15) is 13.2 Å². The van der Waals surface area contributed by atoms with Crippen molar-refractivity contribution in [3.05, 3.63) is 78.4 Å². The molecule has 0 fully saturated rings. The van der Waals surface area contributed by atoms with Crippen molar-refractivity contribution in [2.75, 3.05) is 17.1 Å². The van der Waals surface area contributed by atoms with Gasteiger partial charge in [-0.05, 0) is 61.4 Å². The summed E-state index contributed by atoms with van der Waals surface area (Å²) in [5, 5.41) is 2.77. The Kier molecular flexibility index (Phi) is 7.37. The maximum atomic E-state index is 12.7. The number of sulfonamides is 1. The van der Waals surface area contributed by atoms with Crippen LogP contribution in [0.3, 0.4) is 0 Å². The molecule has 0 saturated heterocycles. The lowest BCUT2D eigenvalue weighted by Gasteiger charge is -2.19. The molecule has 3 rings (SSSR count). The number of para-hydroxylation sites is 3. The normalized spacial score (nSPS) is 12.0. The van der Waals surface area contributed by atoms with Gasteiger partial charge in [0.05, 0.1) is 17.7 Å². The minimum Gasteiger partial charge on any atom is -0.493 e. The van der Waals surface area contributed by atoms with Crippen molar-refractivity contribution in [1.82, 2.24) is 0 Å². The molecule has 0 aliphatic heterocycles. The highest BCUT2D eigenvalue weighted by Crippen LogP contribution is 2.28. The molecule has 32 heavy (non-hydrogen) atoms. The maximum Gasteiger partial charge on any atom is 0.265 e. The standard InChI is InChI=1S/C24H26N2O5S/c1-4-21(31-23-12-8-7-11-22(23)30-3)24(27)25-18-13-15-19(16-14-18)32(28,29)26-20-10-6-5-9-17(20)2/h5-16,21,26H,4H2,1-3H3,(H,25,27)/t21-/m1/s1. The highest BCUT2D eigenvalue weighted by atomic mass is 32.2. The van der Waals surface area contributed by atoms with Crippen LogP contribution < -0.4 is 19.5 Å². The summed E-state index contributed by atoms with van der Waals surface area (Å²) in [4.78, 5) is 12.8. The van der Waals surface area contributed by atoms with Crippen LogP contribution in [-0.4, -0.2) is 27.5 Å². The Morgan fingerprint density at radius 2 is 1.56 bits per heavy atom. The average Bonchev–Trinajstić information content (AvgIpc) is 2.79. The maximum absolute atomic E-state index is 12.7. The van der Waals surface area contributed by atoms with Crippen molar-refractivity contribution >= 4 is 27.3 Å². The summed E-state index contributed by atoms with van der Waals surface area (Å²) >= 11 is 0. The van der Waals surface area contributed by atoms with Crippen molar-refractivity contribution in [2.24, 2.45) is 0 Å². The third-order valence-electron chi connectivity index (χ3n) is 4.82. The first-order valence-corrected chi connectivity index (χ1v) is 11.6. The Labute approximate surface area is 188 Å². The van der Waals surface area contributed by atoms with Crippen molar-refractivity contribution in [2.45, 2.75) is 31.3 Å². The largest absolute Gasteiger partial charge is 0.493 e. The van der Waals surface area contributed by atoms with Gasteiger partial charge in [0.25, 0.3) is 15.9 Å². The zero-order valence-electron chi connectivity index (χ0n) is 18.2. The van der Waals surface area contributed by atoms with E-state index in [-0.39, 0.29) is 10.8 Å². The highest BCUT2D eigenvalue weighted by molar-refractivity contribution is 7.92. The van der Waals surface area contributed by atoms with Gasteiger partial charge in [0.2, 0.25) is 0 Å². The first-order chi connectivity index (χ1) is 15.3. The Balaban J connectivity index is 1.69. The Bertz CT molecular complexity index is 1180. The molecule has 1 atom stereocenters. The number of benzene rings is 3. The van der Waals surface area contributed by atoms with Gasteiger partial charge in [-0.1, -0.05) is 37.3 Å². The molecule has 0 saturated carbocycles. The Hall–Kier alpha value is -3.52.